The predicted molar refractivity (Wildman–Crippen MR) is 95.5 cm³/mol. The Labute approximate surface area is 153 Å². The van der Waals surface area contributed by atoms with Crippen molar-refractivity contribution in [3.05, 3.63) is 50.9 Å². The number of rotatable bonds is 5. The van der Waals surface area contributed by atoms with Gasteiger partial charge in [-0.25, -0.2) is 9.59 Å². The average molecular weight is 382 g/mol. The molecule has 1 aromatic heterocycles. The topological polar surface area (TPSA) is 81.7 Å². The van der Waals surface area contributed by atoms with Gasteiger partial charge in [-0.3, -0.25) is 4.79 Å². The lowest BCUT2D eigenvalue weighted by Gasteiger charge is -2.07. The second kappa shape index (κ2) is 8.13. The third kappa shape index (κ3) is 4.58. The molecule has 1 N–H and O–H groups in total. The molecule has 0 aliphatic carbocycles. The van der Waals surface area contributed by atoms with Crippen LogP contribution in [-0.2, 0) is 14.3 Å². The molecular weight excluding hydrogens is 366 g/mol. The van der Waals surface area contributed by atoms with Gasteiger partial charge in [-0.1, -0.05) is 17.7 Å². The van der Waals surface area contributed by atoms with Crippen LogP contribution in [0.3, 0.4) is 0 Å². The Kier molecular flexibility index (Phi) is 6.17. The van der Waals surface area contributed by atoms with Crippen molar-refractivity contribution < 1.29 is 23.9 Å². The SMILES string of the molecule is COC(=O)c1c(NC(=O)COC(=O)c2cccc(Cl)c2)sc(C)c1C. The molecule has 0 aliphatic rings. The number of carbonyl (C=O) groups is 3. The van der Waals surface area contributed by atoms with E-state index in [4.69, 9.17) is 21.1 Å². The lowest BCUT2D eigenvalue weighted by atomic mass is 10.1. The molecule has 25 heavy (non-hydrogen) atoms. The molecule has 0 aliphatic heterocycles. The van der Waals surface area contributed by atoms with Gasteiger partial charge in [0.05, 0.1) is 18.2 Å². The number of aryl methyl sites for hydroxylation is 1. The Balaban J connectivity index is 2.02. The number of amides is 1. The number of halogens is 1. The van der Waals surface area contributed by atoms with Gasteiger partial charge < -0.3 is 14.8 Å². The van der Waals surface area contributed by atoms with E-state index in [0.29, 0.717) is 15.6 Å². The molecule has 0 unspecified atom stereocenters. The summed E-state index contributed by atoms with van der Waals surface area (Å²) in [6.45, 7) is 3.12. The number of hydrogen-bond donors (Lipinski definition) is 1. The smallest absolute Gasteiger partial charge is 0.341 e. The zero-order chi connectivity index (χ0) is 18.6. The summed E-state index contributed by atoms with van der Waals surface area (Å²) in [5.41, 5.74) is 1.29. The lowest BCUT2D eigenvalue weighted by Crippen LogP contribution is -2.21. The molecule has 2 aromatic rings. The second-order valence-corrected chi connectivity index (χ2v) is 6.77. The van der Waals surface area contributed by atoms with Crippen LogP contribution in [-0.4, -0.2) is 31.6 Å². The van der Waals surface area contributed by atoms with Crippen molar-refractivity contribution in [3.8, 4) is 0 Å². The molecule has 1 aromatic carbocycles. The van der Waals surface area contributed by atoms with E-state index in [1.54, 1.807) is 19.1 Å². The summed E-state index contributed by atoms with van der Waals surface area (Å²) in [6.07, 6.45) is 0. The fraction of sp³-hybridized carbons (Fsp3) is 0.235. The third-order valence-corrected chi connectivity index (χ3v) is 4.78. The zero-order valence-corrected chi connectivity index (χ0v) is 15.4. The van der Waals surface area contributed by atoms with E-state index in [2.05, 4.69) is 5.32 Å². The van der Waals surface area contributed by atoms with Crippen LogP contribution >= 0.6 is 22.9 Å². The van der Waals surface area contributed by atoms with E-state index in [0.717, 1.165) is 10.4 Å². The van der Waals surface area contributed by atoms with Gasteiger partial charge in [-0.15, -0.1) is 11.3 Å². The summed E-state index contributed by atoms with van der Waals surface area (Å²) in [5, 5.41) is 3.34. The molecule has 2 rings (SSSR count). The van der Waals surface area contributed by atoms with Crippen molar-refractivity contribution in [1.82, 2.24) is 0 Å². The number of thiophene rings is 1. The fourth-order valence-electron chi connectivity index (χ4n) is 2.06. The van der Waals surface area contributed by atoms with Gasteiger partial charge in [-0.05, 0) is 37.6 Å². The number of anilines is 1. The van der Waals surface area contributed by atoms with E-state index in [1.165, 1.54) is 30.6 Å². The standard InChI is InChI=1S/C17H16ClNO5S/c1-9-10(2)25-15(14(9)17(22)23-3)19-13(20)8-24-16(21)11-5-4-6-12(18)7-11/h4-7H,8H2,1-3H3,(H,19,20). The molecule has 132 valence electrons. The van der Waals surface area contributed by atoms with Crippen molar-refractivity contribution in [2.24, 2.45) is 0 Å². The molecule has 0 radical (unpaired) electrons. The van der Waals surface area contributed by atoms with Crippen molar-refractivity contribution in [3.63, 3.8) is 0 Å². The first kappa shape index (κ1) is 19.0. The molecule has 0 fully saturated rings. The fourth-order valence-corrected chi connectivity index (χ4v) is 3.31. The number of hydrogen-bond acceptors (Lipinski definition) is 6. The quantitative estimate of drug-likeness (QED) is 0.800. The van der Waals surface area contributed by atoms with Crippen LogP contribution in [0.2, 0.25) is 5.02 Å². The Morgan fingerprint density at radius 3 is 2.56 bits per heavy atom. The normalized spacial score (nSPS) is 10.2. The molecule has 0 atom stereocenters. The van der Waals surface area contributed by atoms with Crippen LogP contribution < -0.4 is 5.32 Å². The van der Waals surface area contributed by atoms with Gasteiger partial charge >= 0.3 is 11.9 Å². The Morgan fingerprint density at radius 1 is 1.20 bits per heavy atom. The molecular formula is C17H16ClNO5S. The van der Waals surface area contributed by atoms with Gasteiger partial charge in [-0.2, -0.15) is 0 Å². The van der Waals surface area contributed by atoms with Crippen LogP contribution in [0.4, 0.5) is 5.00 Å². The third-order valence-electron chi connectivity index (χ3n) is 3.42. The predicted octanol–water partition coefficient (Wildman–Crippen LogP) is 3.60. The number of nitrogens with one attached hydrogen (secondary N) is 1. The maximum Gasteiger partial charge on any atom is 0.341 e. The number of methoxy groups -OCH3 is 1. The number of benzene rings is 1. The van der Waals surface area contributed by atoms with Crippen molar-refractivity contribution in [1.29, 1.82) is 0 Å². The summed E-state index contributed by atoms with van der Waals surface area (Å²) in [7, 11) is 1.27. The minimum atomic E-state index is -0.663. The maximum atomic E-state index is 12.0. The molecule has 0 bridgehead atoms. The molecule has 0 spiro atoms. The number of ether oxygens (including phenoxy) is 2. The first-order chi connectivity index (χ1) is 11.8. The van der Waals surface area contributed by atoms with E-state index >= 15 is 0 Å². The van der Waals surface area contributed by atoms with Crippen molar-refractivity contribution >= 4 is 45.8 Å². The van der Waals surface area contributed by atoms with Gasteiger partial charge in [0.2, 0.25) is 0 Å². The van der Waals surface area contributed by atoms with Gasteiger partial charge in [0, 0.05) is 9.90 Å². The monoisotopic (exact) mass is 381 g/mol. The maximum absolute atomic E-state index is 12.0. The van der Waals surface area contributed by atoms with E-state index in [1.807, 2.05) is 6.92 Å². The van der Waals surface area contributed by atoms with E-state index < -0.39 is 24.5 Å². The van der Waals surface area contributed by atoms with Crippen LogP contribution in [0.15, 0.2) is 24.3 Å². The zero-order valence-electron chi connectivity index (χ0n) is 13.8. The molecule has 8 heteroatoms. The molecule has 1 heterocycles. The summed E-state index contributed by atoms with van der Waals surface area (Å²) >= 11 is 7.06. The van der Waals surface area contributed by atoms with Gasteiger partial charge in [0.1, 0.15) is 5.00 Å². The Bertz CT molecular complexity index is 830. The first-order valence-corrected chi connectivity index (χ1v) is 8.43. The minimum Gasteiger partial charge on any atom is -0.465 e. The minimum absolute atomic E-state index is 0.248. The van der Waals surface area contributed by atoms with Crippen molar-refractivity contribution in [2.45, 2.75) is 13.8 Å². The largest absolute Gasteiger partial charge is 0.465 e. The van der Waals surface area contributed by atoms with Crippen molar-refractivity contribution in [2.75, 3.05) is 19.0 Å². The summed E-state index contributed by atoms with van der Waals surface area (Å²) in [5.74, 6) is -1.75. The van der Waals surface area contributed by atoms with Crippen LogP contribution in [0, 0.1) is 13.8 Å². The highest BCUT2D eigenvalue weighted by molar-refractivity contribution is 7.16. The van der Waals surface area contributed by atoms with E-state index in [9.17, 15) is 14.4 Å². The number of carbonyl (C=O) groups excluding carboxylic acids is 3. The summed E-state index contributed by atoms with van der Waals surface area (Å²) < 4.78 is 9.70. The molecule has 6 nitrogen and oxygen atoms in total. The highest BCUT2D eigenvalue weighted by Gasteiger charge is 2.22. The highest BCUT2D eigenvalue weighted by atomic mass is 35.5. The molecule has 1 amide bonds. The van der Waals surface area contributed by atoms with Gasteiger partial charge in [0.15, 0.2) is 6.61 Å². The molecule has 0 saturated heterocycles. The highest BCUT2D eigenvalue weighted by Crippen LogP contribution is 2.32. The first-order valence-electron chi connectivity index (χ1n) is 7.24. The van der Waals surface area contributed by atoms with E-state index in [-0.39, 0.29) is 5.56 Å². The van der Waals surface area contributed by atoms with Crippen LogP contribution in [0.5, 0.6) is 0 Å². The average Bonchev–Trinajstić information content (AvgIpc) is 2.86. The van der Waals surface area contributed by atoms with Crippen LogP contribution in [0.1, 0.15) is 31.2 Å². The lowest BCUT2D eigenvalue weighted by molar-refractivity contribution is -0.119. The Hall–Kier alpha value is -2.38. The summed E-state index contributed by atoms with van der Waals surface area (Å²) in [4.78, 5) is 36.7. The summed E-state index contributed by atoms with van der Waals surface area (Å²) in [6, 6.07) is 6.22. The second-order valence-electron chi connectivity index (χ2n) is 5.11. The molecule has 0 saturated carbocycles. The number of esters is 2. The van der Waals surface area contributed by atoms with Crippen LogP contribution in [0.25, 0.3) is 0 Å². The Morgan fingerprint density at radius 2 is 1.92 bits per heavy atom. The van der Waals surface area contributed by atoms with Gasteiger partial charge in [0.25, 0.3) is 5.91 Å².